The lowest BCUT2D eigenvalue weighted by atomic mass is 9.85. The van der Waals surface area contributed by atoms with Crippen LogP contribution in [0.2, 0.25) is 0 Å². The maximum atomic E-state index is 12.8. The number of esters is 2. The summed E-state index contributed by atoms with van der Waals surface area (Å²) in [7, 11) is -5.13. The first-order chi connectivity index (χ1) is 29.4. The van der Waals surface area contributed by atoms with Crippen molar-refractivity contribution in [1.82, 2.24) is 0 Å². The van der Waals surface area contributed by atoms with Crippen LogP contribution >= 0.6 is 7.82 Å². The third-order valence-electron chi connectivity index (χ3n) is 10.6. The molecule has 6 atom stereocenters. The van der Waals surface area contributed by atoms with Crippen molar-refractivity contribution in [3.05, 3.63) is 48.6 Å². The second-order valence-electron chi connectivity index (χ2n) is 16.3. The average Bonchev–Trinajstić information content (AvgIpc) is 3.24. The van der Waals surface area contributed by atoms with Crippen molar-refractivity contribution < 1.29 is 63.1 Å². The first kappa shape index (κ1) is 56.8. The molecule has 1 saturated carbocycles. The van der Waals surface area contributed by atoms with Gasteiger partial charge in [0, 0.05) is 12.8 Å². The highest BCUT2D eigenvalue weighted by molar-refractivity contribution is 7.47. The van der Waals surface area contributed by atoms with Crippen LogP contribution in [0.5, 0.6) is 0 Å². The van der Waals surface area contributed by atoms with Crippen molar-refractivity contribution in [3.63, 3.8) is 0 Å². The summed E-state index contributed by atoms with van der Waals surface area (Å²) in [6.45, 7) is 3.23. The number of allylic oxidation sites excluding steroid dienone is 8. The summed E-state index contributed by atoms with van der Waals surface area (Å²) in [6.07, 6.45) is 30.3. The Labute approximate surface area is 367 Å². The van der Waals surface area contributed by atoms with Crippen LogP contribution in [0.25, 0.3) is 0 Å². The standard InChI is InChI=1S/C47H83O13P/c1-3-5-7-9-11-13-15-17-19-20-22-23-25-27-29-31-33-35-40(48)57-37-39(38-58-61(55,56)60-47-45(53)43(51)42(50)44(52)46(47)54)59-41(49)36-34-32-30-28-26-24-21-18-16-14-12-10-8-6-4-2/h14,16-17,19,22-23,27,29,39,42-47,50-54H,3-13,15,18,20-21,24-26,28,30-38H2,1-2H3,(H,55,56). The molecule has 354 valence electrons. The van der Waals surface area contributed by atoms with Gasteiger partial charge in [-0.2, -0.15) is 0 Å². The minimum Gasteiger partial charge on any atom is -0.462 e. The number of carbonyl (C=O) groups is 2. The highest BCUT2D eigenvalue weighted by Gasteiger charge is 2.51. The van der Waals surface area contributed by atoms with Gasteiger partial charge in [-0.1, -0.05) is 146 Å². The predicted molar refractivity (Wildman–Crippen MR) is 239 cm³/mol. The van der Waals surface area contributed by atoms with Gasteiger partial charge in [-0.3, -0.25) is 18.6 Å². The van der Waals surface area contributed by atoms with Crippen LogP contribution < -0.4 is 0 Å². The monoisotopic (exact) mass is 887 g/mol. The molecule has 0 aromatic heterocycles. The van der Waals surface area contributed by atoms with Gasteiger partial charge in [0.15, 0.2) is 6.10 Å². The van der Waals surface area contributed by atoms with Crippen molar-refractivity contribution in [3.8, 4) is 0 Å². The molecule has 14 heteroatoms. The number of aliphatic hydroxyl groups is 5. The summed E-state index contributed by atoms with van der Waals surface area (Å²) in [4.78, 5) is 35.7. The molecule has 1 aliphatic rings. The highest BCUT2D eigenvalue weighted by Crippen LogP contribution is 2.47. The second kappa shape index (κ2) is 37.2. The normalized spacial score (nSPS) is 22.4. The topological polar surface area (TPSA) is 210 Å². The first-order valence-corrected chi connectivity index (χ1v) is 24.9. The van der Waals surface area contributed by atoms with Gasteiger partial charge >= 0.3 is 19.8 Å². The Morgan fingerprint density at radius 3 is 1.43 bits per heavy atom. The van der Waals surface area contributed by atoms with Gasteiger partial charge in [0.1, 0.15) is 43.2 Å². The van der Waals surface area contributed by atoms with Crippen molar-refractivity contribution in [1.29, 1.82) is 0 Å². The van der Waals surface area contributed by atoms with E-state index in [9.17, 15) is 44.6 Å². The summed E-state index contributed by atoms with van der Waals surface area (Å²) >= 11 is 0. The molecular formula is C47H83O13P. The van der Waals surface area contributed by atoms with Gasteiger partial charge in [0.25, 0.3) is 0 Å². The lowest BCUT2D eigenvalue weighted by molar-refractivity contribution is -0.220. The van der Waals surface area contributed by atoms with E-state index in [4.69, 9.17) is 18.5 Å². The Bertz CT molecular complexity index is 1250. The van der Waals surface area contributed by atoms with E-state index in [0.717, 1.165) is 64.2 Å². The van der Waals surface area contributed by atoms with Crippen molar-refractivity contribution >= 4 is 19.8 Å². The van der Waals surface area contributed by atoms with Crippen molar-refractivity contribution in [2.45, 2.75) is 224 Å². The van der Waals surface area contributed by atoms with Crippen molar-refractivity contribution in [2.24, 2.45) is 0 Å². The lowest BCUT2D eigenvalue weighted by Crippen LogP contribution is -2.64. The number of carbonyl (C=O) groups excluding carboxylic acids is 2. The van der Waals surface area contributed by atoms with Gasteiger partial charge in [-0.25, -0.2) is 4.57 Å². The Morgan fingerprint density at radius 1 is 0.508 bits per heavy atom. The number of rotatable bonds is 38. The summed E-state index contributed by atoms with van der Waals surface area (Å²) in [5.41, 5.74) is 0. The van der Waals surface area contributed by atoms with E-state index in [0.29, 0.717) is 19.3 Å². The summed E-state index contributed by atoms with van der Waals surface area (Å²) < 4.78 is 33.5. The number of phosphoric ester groups is 1. The van der Waals surface area contributed by atoms with Gasteiger partial charge in [-0.15, -0.1) is 0 Å². The Balaban J connectivity index is 2.50. The van der Waals surface area contributed by atoms with Gasteiger partial charge < -0.3 is 39.9 Å². The highest BCUT2D eigenvalue weighted by atomic mass is 31.2. The minimum absolute atomic E-state index is 0.0802. The number of ether oxygens (including phenoxy) is 2. The number of hydrogen-bond donors (Lipinski definition) is 6. The lowest BCUT2D eigenvalue weighted by Gasteiger charge is -2.41. The van der Waals surface area contributed by atoms with E-state index >= 15 is 0 Å². The molecule has 0 heterocycles. The van der Waals surface area contributed by atoms with Crippen LogP contribution in [0.15, 0.2) is 48.6 Å². The minimum atomic E-state index is -5.13. The predicted octanol–water partition coefficient (Wildman–Crippen LogP) is 9.17. The molecule has 6 N–H and O–H groups in total. The van der Waals surface area contributed by atoms with Crippen LogP contribution in [0, 0.1) is 0 Å². The maximum Gasteiger partial charge on any atom is 0.472 e. The summed E-state index contributed by atoms with van der Waals surface area (Å²) in [6, 6.07) is 0. The molecule has 0 aliphatic heterocycles. The molecule has 0 radical (unpaired) electrons. The molecule has 0 aromatic rings. The Hall–Kier alpha value is -2.19. The van der Waals surface area contributed by atoms with Crippen molar-refractivity contribution in [2.75, 3.05) is 13.2 Å². The molecule has 1 rings (SSSR count). The molecule has 0 saturated heterocycles. The zero-order chi connectivity index (χ0) is 45.0. The third-order valence-corrected chi connectivity index (χ3v) is 11.6. The summed E-state index contributed by atoms with van der Waals surface area (Å²) in [5.74, 6) is -1.17. The van der Waals surface area contributed by atoms with E-state index in [2.05, 4.69) is 50.3 Å². The maximum absolute atomic E-state index is 12.8. The SMILES string of the molecule is CCCCCCC=CCCCCCCCCCC(=O)OC(COC(=O)CCCC=CCC=CCC=CCCCCCCCC)COP(=O)(O)OC1C(O)C(O)C(O)C(O)C1O. The van der Waals surface area contributed by atoms with Crippen LogP contribution in [0.3, 0.4) is 0 Å². The smallest absolute Gasteiger partial charge is 0.462 e. The van der Waals surface area contributed by atoms with Crippen LogP contribution in [-0.4, -0.2) is 98.3 Å². The van der Waals surface area contributed by atoms with E-state index in [1.807, 2.05) is 12.2 Å². The molecule has 1 fully saturated rings. The fourth-order valence-corrected chi connectivity index (χ4v) is 7.80. The Kier molecular flexibility index (Phi) is 34.7. The van der Waals surface area contributed by atoms with Gasteiger partial charge in [0.05, 0.1) is 6.61 Å². The van der Waals surface area contributed by atoms with Crippen LogP contribution in [-0.2, 0) is 32.7 Å². The fourth-order valence-electron chi connectivity index (χ4n) is 6.83. The van der Waals surface area contributed by atoms with E-state index in [1.54, 1.807) is 0 Å². The molecule has 0 aromatic carbocycles. The molecule has 0 spiro atoms. The summed E-state index contributed by atoms with van der Waals surface area (Å²) in [5, 5.41) is 50.1. The second-order valence-corrected chi connectivity index (χ2v) is 17.7. The Morgan fingerprint density at radius 2 is 0.902 bits per heavy atom. The van der Waals surface area contributed by atoms with Gasteiger partial charge in [0.2, 0.25) is 0 Å². The van der Waals surface area contributed by atoms with E-state index in [1.165, 1.54) is 70.6 Å². The largest absolute Gasteiger partial charge is 0.472 e. The average molecular weight is 887 g/mol. The fraction of sp³-hybridized carbons (Fsp3) is 0.787. The molecule has 13 nitrogen and oxygen atoms in total. The zero-order valence-corrected chi connectivity index (χ0v) is 38.3. The third kappa shape index (κ3) is 29.7. The first-order valence-electron chi connectivity index (χ1n) is 23.4. The molecular weight excluding hydrogens is 803 g/mol. The molecule has 61 heavy (non-hydrogen) atoms. The number of unbranched alkanes of at least 4 members (excludes halogenated alkanes) is 18. The van der Waals surface area contributed by atoms with Gasteiger partial charge in [-0.05, 0) is 70.6 Å². The van der Waals surface area contributed by atoms with Crippen LogP contribution in [0.1, 0.15) is 181 Å². The number of hydrogen-bond acceptors (Lipinski definition) is 12. The molecule has 6 unspecified atom stereocenters. The molecule has 1 aliphatic carbocycles. The molecule has 0 amide bonds. The van der Waals surface area contributed by atoms with Crippen LogP contribution in [0.4, 0.5) is 0 Å². The number of aliphatic hydroxyl groups excluding tert-OH is 5. The molecule has 0 bridgehead atoms. The van der Waals surface area contributed by atoms with E-state index < -0.39 is 75.7 Å². The quantitative estimate of drug-likeness (QED) is 0.0148. The number of phosphoric acid groups is 1. The zero-order valence-electron chi connectivity index (χ0n) is 37.4. The van der Waals surface area contributed by atoms with E-state index in [-0.39, 0.29) is 12.8 Å².